The van der Waals surface area contributed by atoms with E-state index in [0.29, 0.717) is 5.56 Å². The van der Waals surface area contributed by atoms with Crippen LogP contribution in [0.5, 0.6) is 0 Å². The van der Waals surface area contributed by atoms with Crippen molar-refractivity contribution in [1.29, 1.82) is 0 Å². The van der Waals surface area contributed by atoms with Crippen molar-refractivity contribution in [3.63, 3.8) is 0 Å². The molecule has 0 saturated heterocycles. The monoisotopic (exact) mass is 384 g/mol. The van der Waals surface area contributed by atoms with E-state index in [4.69, 9.17) is 4.98 Å². The summed E-state index contributed by atoms with van der Waals surface area (Å²) in [5.41, 5.74) is 5.96. The molecule has 0 aliphatic heterocycles. The molecule has 1 aliphatic carbocycles. The number of amides is 1. The molecule has 0 bridgehead atoms. The van der Waals surface area contributed by atoms with Crippen LogP contribution in [0.15, 0.2) is 60.7 Å². The first-order valence-electron chi connectivity index (χ1n) is 9.57. The number of fused-ring (bicyclic) bond motifs is 2. The van der Waals surface area contributed by atoms with Gasteiger partial charge < -0.3 is 5.32 Å². The lowest BCUT2D eigenvalue weighted by atomic mass is 10.1. The van der Waals surface area contributed by atoms with E-state index in [9.17, 15) is 4.79 Å². The lowest BCUT2D eigenvalue weighted by Crippen LogP contribution is -2.13. The van der Waals surface area contributed by atoms with Gasteiger partial charge in [-0.3, -0.25) is 4.79 Å². The van der Waals surface area contributed by atoms with Gasteiger partial charge in [0.2, 0.25) is 0 Å². The Bertz CT molecular complexity index is 1210. The molecule has 0 spiro atoms. The molecule has 1 aliphatic rings. The maximum Gasteiger partial charge on any atom is 0.256 e. The van der Waals surface area contributed by atoms with Crippen LogP contribution in [-0.4, -0.2) is 10.9 Å². The number of benzene rings is 2. The summed E-state index contributed by atoms with van der Waals surface area (Å²) in [7, 11) is 0. The zero-order valence-electron chi connectivity index (χ0n) is 15.7. The molecule has 0 unspecified atom stereocenters. The topological polar surface area (TPSA) is 42.0 Å². The summed E-state index contributed by atoms with van der Waals surface area (Å²) >= 11 is 1.69. The number of nitrogens with one attached hydrogen (secondary N) is 1. The lowest BCUT2D eigenvalue weighted by Gasteiger charge is -2.11. The average Bonchev–Trinajstić information content (AvgIpc) is 3.35. The van der Waals surface area contributed by atoms with Gasteiger partial charge in [0.15, 0.2) is 0 Å². The lowest BCUT2D eigenvalue weighted by molar-refractivity contribution is 0.102. The predicted molar refractivity (Wildman–Crippen MR) is 116 cm³/mol. The quantitative estimate of drug-likeness (QED) is 0.470. The fraction of sp³-hybridized carbons (Fsp3) is 0.167. The summed E-state index contributed by atoms with van der Waals surface area (Å²) in [5.74, 6) is -0.0916. The fourth-order valence-corrected chi connectivity index (χ4v) is 4.74. The van der Waals surface area contributed by atoms with Crippen LogP contribution in [0.25, 0.3) is 21.5 Å². The van der Waals surface area contributed by atoms with Crippen LogP contribution in [0.4, 0.5) is 5.69 Å². The molecule has 0 radical (unpaired) electrons. The van der Waals surface area contributed by atoms with Crippen molar-refractivity contribution in [2.45, 2.75) is 26.2 Å². The highest BCUT2D eigenvalue weighted by atomic mass is 32.1. The summed E-state index contributed by atoms with van der Waals surface area (Å²) in [6.07, 6.45) is 3.44. The Labute approximate surface area is 168 Å². The van der Waals surface area contributed by atoms with E-state index in [1.807, 2.05) is 36.4 Å². The highest BCUT2D eigenvalue weighted by molar-refractivity contribution is 7.15. The predicted octanol–water partition coefficient (Wildman–Crippen LogP) is 6.01. The van der Waals surface area contributed by atoms with Crippen molar-refractivity contribution in [2.24, 2.45) is 0 Å². The first-order chi connectivity index (χ1) is 13.7. The van der Waals surface area contributed by atoms with Crippen LogP contribution in [-0.2, 0) is 12.8 Å². The highest BCUT2D eigenvalue weighted by Gasteiger charge is 2.16. The normalized spacial score (nSPS) is 12.9. The Morgan fingerprint density at radius 2 is 1.86 bits per heavy atom. The highest BCUT2D eigenvalue weighted by Crippen LogP contribution is 2.31. The number of carbonyl (C=O) groups excluding carboxylic acids is 1. The molecule has 1 amide bonds. The van der Waals surface area contributed by atoms with Crippen LogP contribution >= 0.6 is 11.3 Å². The number of pyridine rings is 1. The van der Waals surface area contributed by atoms with Gasteiger partial charge in [0, 0.05) is 16.0 Å². The summed E-state index contributed by atoms with van der Waals surface area (Å²) in [5, 5.41) is 3.97. The standard InChI is InChI=1S/C24H20N2OS/c1-15-9-12-23(28-15)22-14-20(19-7-2-3-8-21(19)26-22)24(27)25-18-11-10-16-5-4-6-17(16)13-18/h2-3,7-14H,4-6H2,1H3,(H,25,27). The molecule has 2 aromatic heterocycles. The van der Waals surface area contributed by atoms with Crippen LogP contribution < -0.4 is 5.32 Å². The molecule has 4 heteroatoms. The third-order valence-electron chi connectivity index (χ3n) is 5.31. The number of hydrogen-bond acceptors (Lipinski definition) is 3. The number of para-hydroxylation sites is 1. The maximum absolute atomic E-state index is 13.2. The van der Waals surface area contributed by atoms with E-state index in [0.717, 1.165) is 40.0 Å². The molecule has 2 aromatic carbocycles. The Hall–Kier alpha value is -2.98. The van der Waals surface area contributed by atoms with Gasteiger partial charge >= 0.3 is 0 Å². The molecule has 2 heterocycles. The molecule has 3 nitrogen and oxygen atoms in total. The first-order valence-corrected chi connectivity index (χ1v) is 10.4. The van der Waals surface area contributed by atoms with Crippen molar-refractivity contribution in [2.75, 3.05) is 5.32 Å². The van der Waals surface area contributed by atoms with Gasteiger partial charge in [0.1, 0.15) is 0 Å². The maximum atomic E-state index is 13.2. The molecular weight excluding hydrogens is 364 g/mol. The van der Waals surface area contributed by atoms with Crippen LogP contribution in [0.2, 0.25) is 0 Å². The average molecular weight is 385 g/mol. The largest absolute Gasteiger partial charge is 0.322 e. The number of hydrogen-bond donors (Lipinski definition) is 1. The number of aromatic nitrogens is 1. The minimum Gasteiger partial charge on any atom is -0.322 e. The summed E-state index contributed by atoms with van der Waals surface area (Å²) in [4.78, 5) is 20.3. The zero-order chi connectivity index (χ0) is 19.1. The van der Waals surface area contributed by atoms with Gasteiger partial charge in [0.05, 0.1) is 21.7 Å². The van der Waals surface area contributed by atoms with E-state index >= 15 is 0 Å². The number of aryl methyl sites for hydroxylation is 3. The van der Waals surface area contributed by atoms with Gasteiger partial charge in [-0.25, -0.2) is 4.98 Å². The Morgan fingerprint density at radius 3 is 2.71 bits per heavy atom. The second-order valence-electron chi connectivity index (χ2n) is 7.27. The molecule has 0 fully saturated rings. The second-order valence-corrected chi connectivity index (χ2v) is 8.56. The fourth-order valence-electron chi connectivity index (χ4n) is 3.91. The third kappa shape index (κ3) is 3.10. The summed E-state index contributed by atoms with van der Waals surface area (Å²) in [6.45, 7) is 2.08. The minimum atomic E-state index is -0.0916. The van der Waals surface area contributed by atoms with E-state index in [-0.39, 0.29) is 5.91 Å². The van der Waals surface area contributed by atoms with Crippen molar-refractivity contribution in [1.82, 2.24) is 4.98 Å². The van der Waals surface area contributed by atoms with Crippen molar-refractivity contribution in [3.05, 3.63) is 82.2 Å². The van der Waals surface area contributed by atoms with E-state index < -0.39 is 0 Å². The molecule has 0 saturated carbocycles. The van der Waals surface area contributed by atoms with E-state index in [2.05, 4.69) is 36.5 Å². The third-order valence-corrected chi connectivity index (χ3v) is 6.33. The molecule has 138 valence electrons. The number of carbonyl (C=O) groups is 1. The molecule has 28 heavy (non-hydrogen) atoms. The Balaban J connectivity index is 1.56. The summed E-state index contributed by atoms with van der Waals surface area (Å²) < 4.78 is 0. The second kappa shape index (κ2) is 6.88. The van der Waals surface area contributed by atoms with Gasteiger partial charge in [-0.1, -0.05) is 24.3 Å². The molecule has 1 N–H and O–H groups in total. The Morgan fingerprint density at radius 1 is 1.00 bits per heavy atom. The van der Waals surface area contributed by atoms with E-state index in [1.165, 1.54) is 22.4 Å². The smallest absolute Gasteiger partial charge is 0.256 e. The number of nitrogens with zero attached hydrogens (tertiary/aromatic N) is 1. The number of anilines is 1. The van der Waals surface area contributed by atoms with Crippen LogP contribution in [0.3, 0.4) is 0 Å². The molecular formula is C24H20N2OS. The molecule has 0 atom stereocenters. The van der Waals surface area contributed by atoms with Gasteiger partial charge in [-0.2, -0.15) is 0 Å². The SMILES string of the molecule is Cc1ccc(-c2cc(C(=O)Nc3ccc4c(c3)CCC4)c3ccccc3n2)s1. The first kappa shape index (κ1) is 17.1. The molecule has 4 aromatic rings. The van der Waals surface area contributed by atoms with Crippen molar-refractivity contribution >= 4 is 33.8 Å². The summed E-state index contributed by atoms with van der Waals surface area (Å²) in [6, 6.07) is 20.2. The Kier molecular flexibility index (Phi) is 4.21. The van der Waals surface area contributed by atoms with E-state index in [1.54, 1.807) is 11.3 Å². The van der Waals surface area contributed by atoms with Gasteiger partial charge in [-0.15, -0.1) is 11.3 Å². The van der Waals surface area contributed by atoms with Crippen molar-refractivity contribution < 1.29 is 4.79 Å². The van der Waals surface area contributed by atoms with Crippen LogP contribution in [0, 0.1) is 6.92 Å². The van der Waals surface area contributed by atoms with Gasteiger partial charge in [-0.05, 0) is 73.7 Å². The van der Waals surface area contributed by atoms with Crippen molar-refractivity contribution in [3.8, 4) is 10.6 Å². The zero-order valence-corrected chi connectivity index (χ0v) is 16.5. The van der Waals surface area contributed by atoms with Gasteiger partial charge in [0.25, 0.3) is 5.91 Å². The molecule has 5 rings (SSSR count). The number of thiophene rings is 1. The van der Waals surface area contributed by atoms with Crippen LogP contribution in [0.1, 0.15) is 32.8 Å². The minimum absolute atomic E-state index is 0.0916. The number of rotatable bonds is 3.